The molecule has 0 bridgehead atoms. The maximum Gasteiger partial charge on any atom is 0.312 e. The van der Waals surface area contributed by atoms with Gasteiger partial charge in [-0.3, -0.25) is 9.59 Å². The normalized spacial score (nSPS) is 16.6. The molecule has 0 spiro atoms. The second kappa shape index (κ2) is 5.01. The third-order valence-electron chi connectivity index (χ3n) is 3.62. The highest BCUT2D eigenvalue weighted by Gasteiger charge is 2.36. The van der Waals surface area contributed by atoms with Crippen LogP contribution in [0.5, 0.6) is 0 Å². The van der Waals surface area contributed by atoms with Gasteiger partial charge >= 0.3 is 5.97 Å². The van der Waals surface area contributed by atoms with Crippen LogP contribution in [0.3, 0.4) is 0 Å². The zero-order valence-electron chi connectivity index (χ0n) is 11.5. The molecule has 1 aliphatic heterocycles. The Bertz CT molecular complexity index is 727. The van der Waals surface area contributed by atoms with Crippen molar-refractivity contribution in [1.29, 1.82) is 0 Å². The van der Waals surface area contributed by atoms with Crippen LogP contribution in [0.4, 0.5) is 5.69 Å². The summed E-state index contributed by atoms with van der Waals surface area (Å²) in [5, 5.41) is 9.32. The van der Waals surface area contributed by atoms with Gasteiger partial charge in [-0.2, -0.15) is 0 Å². The van der Waals surface area contributed by atoms with E-state index in [2.05, 4.69) is 4.98 Å². The smallest absolute Gasteiger partial charge is 0.312 e. The lowest BCUT2D eigenvalue weighted by molar-refractivity contribution is -0.138. The van der Waals surface area contributed by atoms with Gasteiger partial charge in [0.05, 0.1) is 0 Å². The number of benzene rings is 1. The molecule has 1 aromatic carbocycles. The van der Waals surface area contributed by atoms with E-state index in [1.807, 2.05) is 13.0 Å². The zero-order valence-corrected chi connectivity index (χ0v) is 11.5. The predicted octanol–water partition coefficient (Wildman–Crippen LogP) is 2.22. The number of rotatable bonds is 2. The van der Waals surface area contributed by atoms with Gasteiger partial charge in [0.15, 0.2) is 0 Å². The first-order chi connectivity index (χ1) is 10.1. The lowest BCUT2D eigenvalue weighted by atomic mass is 10.0. The quantitative estimate of drug-likeness (QED) is 0.916. The summed E-state index contributed by atoms with van der Waals surface area (Å²) in [6.07, 6.45) is 0. The van der Waals surface area contributed by atoms with Crippen LogP contribution >= 0.6 is 0 Å². The van der Waals surface area contributed by atoms with Crippen LogP contribution in [0.25, 0.3) is 0 Å². The van der Waals surface area contributed by atoms with Crippen LogP contribution < -0.4 is 4.90 Å². The van der Waals surface area contributed by atoms with Gasteiger partial charge in [-0.25, -0.2) is 4.98 Å². The van der Waals surface area contributed by atoms with Gasteiger partial charge in [-0.15, -0.1) is 0 Å². The summed E-state index contributed by atoms with van der Waals surface area (Å²) in [5.74, 6) is -1.88. The molecule has 1 atom stereocenters. The molecule has 106 valence electrons. The first-order valence-electron chi connectivity index (χ1n) is 6.65. The van der Waals surface area contributed by atoms with Crippen molar-refractivity contribution in [1.82, 2.24) is 4.98 Å². The second-order valence-electron chi connectivity index (χ2n) is 5.03. The molecule has 5 nitrogen and oxygen atoms in total. The summed E-state index contributed by atoms with van der Waals surface area (Å²) in [4.78, 5) is 29.7. The Labute approximate surface area is 121 Å². The average molecular weight is 282 g/mol. The monoisotopic (exact) mass is 282 g/mol. The van der Waals surface area contributed by atoms with E-state index in [1.54, 1.807) is 36.4 Å². The fraction of sp³-hybridized carbons (Fsp3) is 0.188. The highest BCUT2D eigenvalue weighted by molar-refractivity contribution is 6.07. The molecule has 0 saturated heterocycles. The van der Waals surface area contributed by atoms with Crippen molar-refractivity contribution in [2.24, 2.45) is 0 Å². The maximum atomic E-state index is 12.6. The van der Waals surface area contributed by atoms with E-state index < -0.39 is 11.9 Å². The number of amides is 1. The number of hydrogen-bond acceptors (Lipinski definition) is 3. The largest absolute Gasteiger partial charge is 0.481 e. The molecule has 21 heavy (non-hydrogen) atoms. The summed E-state index contributed by atoms with van der Waals surface area (Å²) in [6, 6.07) is 12.3. The SMILES string of the molecule is Cc1cccc(C(=O)N2C[C@@H](C(=O)O)c3ccccc32)n1. The summed E-state index contributed by atoms with van der Waals surface area (Å²) in [5.41, 5.74) is 2.41. The Balaban J connectivity index is 2.01. The number of carbonyl (C=O) groups is 2. The maximum absolute atomic E-state index is 12.6. The summed E-state index contributed by atoms with van der Waals surface area (Å²) >= 11 is 0. The number of aromatic nitrogens is 1. The molecule has 2 heterocycles. The topological polar surface area (TPSA) is 70.5 Å². The number of anilines is 1. The molecule has 1 aromatic heterocycles. The number of nitrogens with zero attached hydrogens (tertiary/aromatic N) is 2. The van der Waals surface area contributed by atoms with Crippen LogP contribution in [-0.2, 0) is 4.79 Å². The summed E-state index contributed by atoms with van der Waals surface area (Å²) < 4.78 is 0. The molecule has 3 rings (SSSR count). The van der Waals surface area contributed by atoms with Gasteiger partial charge in [0.25, 0.3) is 5.91 Å². The number of hydrogen-bond donors (Lipinski definition) is 1. The average Bonchev–Trinajstić information content (AvgIpc) is 2.86. The first kappa shape index (κ1) is 13.3. The fourth-order valence-corrected chi connectivity index (χ4v) is 2.61. The number of carboxylic acid groups (broad SMARTS) is 1. The molecular weight excluding hydrogens is 268 g/mol. The highest BCUT2D eigenvalue weighted by atomic mass is 16.4. The molecule has 1 N–H and O–H groups in total. The molecule has 0 radical (unpaired) electrons. The third-order valence-corrected chi connectivity index (χ3v) is 3.62. The number of carboxylic acids is 1. The molecule has 5 heteroatoms. The Hall–Kier alpha value is -2.69. The predicted molar refractivity (Wildman–Crippen MR) is 77.5 cm³/mol. The van der Waals surface area contributed by atoms with Gasteiger partial charge in [0.1, 0.15) is 11.6 Å². The van der Waals surface area contributed by atoms with E-state index in [9.17, 15) is 14.7 Å². The van der Waals surface area contributed by atoms with Crippen LogP contribution in [0.2, 0.25) is 0 Å². The van der Waals surface area contributed by atoms with Crippen LogP contribution in [0.15, 0.2) is 42.5 Å². The number of aliphatic carboxylic acids is 1. The zero-order chi connectivity index (χ0) is 15.0. The van der Waals surface area contributed by atoms with E-state index in [0.29, 0.717) is 16.9 Å². The lowest BCUT2D eigenvalue weighted by Gasteiger charge is -2.17. The minimum absolute atomic E-state index is 0.142. The van der Waals surface area contributed by atoms with Crippen LogP contribution in [0.1, 0.15) is 27.7 Å². The van der Waals surface area contributed by atoms with Gasteiger partial charge in [-0.05, 0) is 30.7 Å². The first-order valence-corrected chi connectivity index (χ1v) is 6.65. The third kappa shape index (κ3) is 2.27. The highest BCUT2D eigenvalue weighted by Crippen LogP contribution is 2.36. The van der Waals surface area contributed by atoms with E-state index in [1.165, 1.54) is 4.90 Å². The number of pyridine rings is 1. The van der Waals surface area contributed by atoms with Crippen molar-refractivity contribution in [2.75, 3.05) is 11.4 Å². The standard InChI is InChI=1S/C16H14N2O3/c1-10-5-4-7-13(17-10)15(19)18-9-12(16(20)21)11-6-2-3-8-14(11)18/h2-8,12H,9H2,1H3,(H,20,21)/t12-/m1/s1. The second-order valence-corrected chi connectivity index (χ2v) is 5.03. The molecule has 0 aliphatic carbocycles. The van der Waals surface area contributed by atoms with E-state index >= 15 is 0 Å². The van der Waals surface area contributed by atoms with Crippen molar-refractivity contribution < 1.29 is 14.7 Å². The summed E-state index contributed by atoms with van der Waals surface area (Å²) in [6.45, 7) is 1.96. The molecule has 1 aliphatic rings. The van der Waals surface area contributed by atoms with Gasteiger partial charge in [0, 0.05) is 17.9 Å². The Morgan fingerprint density at radius 1 is 1.19 bits per heavy atom. The summed E-state index contributed by atoms with van der Waals surface area (Å²) in [7, 11) is 0. The molecule has 2 aromatic rings. The number of fused-ring (bicyclic) bond motifs is 1. The number of aryl methyl sites for hydroxylation is 1. The van der Waals surface area contributed by atoms with Crippen molar-refractivity contribution in [3.63, 3.8) is 0 Å². The molecule has 0 saturated carbocycles. The van der Waals surface area contributed by atoms with Crippen LogP contribution in [0, 0.1) is 6.92 Å². The molecule has 0 unspecified atom stereocenters. The molecular formula is C16H14N2O3. The van der Waals surface area contributed by atoms with Crippen molar-refractivity contribution >= 4 is 17.6 Å². The van der Waals surface area contributed by atoms with E-state index in [0.717, 1.165) is 5.69 Å². The van der Waals surface area contributed by atoms with Gasteiger partial charge in [-0.1, -0.05) is 24.3 Å². The molecule has 1 amide bonds. The Kier molecular flexibility index (Phi) is 3.17. The number of para-hydroxylation sites is 1. The van der Waals surface area contributed by atoms with Crippen LogP contribution in [-0.4, -0.2) is 28.5 Å². The van der Waals surface area contributed by atoms with Crippen molar-refractivity contribution in [2.45, 2.75) is 12.8 Å². The minimum atomic E-state index is -0.921. The molecule has 0 fully saturated rings. The minimum Gasteiger partial charge on any atom is -0.481 e. The van der Waals surface area contributed by atoms with Gasteiger partial charge in [0.2, 0.25) is 0 Å². The fourth-order valence-electron chi connectivity index (χ4n) is 2.61. The van der Waals surface area contributed by atoms with Gasteiger partial charge < -0.3 is 10.0 Å². The van der Waals surface area contributed by atoms with Crippen molar-refractivity contribution in [3.8, 4) is 0 Å². The lowest BCUT2D eigenvalue weighted by Crippen LogP contribution is -2.31. The van der Waals surface area contributed by atoms with Crippen molar-refractivity contribution in [3.05, 3.63) is 59.4 Å². The Morgan fingerprint density at radius 2 is 1.95 bits per heavy atom. The van der Waals surface area contributed by atoms with E-state index in [4.69, 9.17) is 0 Å². The Morgan fingerprint density at radius 3 is 2.67 bits per heavy atom. The van der Waals surface area contributed by atoms with E-state index in [-0.39, 0.29) is 12.5 Å². The number of carbonyl (C=O) groups excluding carboxylic acids is 1.